The maximum absolute atomic E-state index is 13.0. The first-order chi connectivity index (χ1) is 15.2. The second-order valence-corrected chi connectivity index (χ2v) is 10.3. The molecule has 2 fully saturated rings. The summed E-state index contributed by atoms with van der Waals surface area (Å²) in [5, 5.41) is 4.15. The molecule has 1 aliphatic heterocycles. The molecule has 162 valence electrons. The minimum Gasteiger partial charge on any atom is -0.339 e. The van der Waals surface area contributed by atoms with Gasteiger partial charge in [0.2, 0.25) is 5.91 Å². The number of nitrogens with zero attached hydrogens (tertiary/aromatic N) is 3. The Labute approximate surface area is 189 Å². The van der Waals surface area contributed by atoms with Crippen molar-refractivity contribution in [3.05, 3.63) is 41.3 Å². The minimum atomic E-state index is 0.0533. The smallest absolute Gasteiger partial charge is 0.264 e. The fourth-order valence-corrected chi connectivity index (χ4v) is 6.54. The number of thiazole rings is 1. The van der Waals surface area contributed by atoms with Gasteiger partial charge in [-0.05, 0) is 31.0 Å². The number of carbonyl (C=O) groups excluding carboxylic acids is 2. The molecule has 3 aromatic rings. The highest BCUT2D eigenvalue weighted by molar-refractivity contribution is 7.29. The molecule has 2 aromatic heterocycles. The largest absolute Gasteiger partial charge is 0.339 e. The summed E-state index contributed by atoms with van der Waals surface area (Å²) in [6.45, 7) is 2.50. The summed E-state index contributed by atoms with van der Waals surface area (Å²) in [7, 11) is 0. The third-order valence-corrected chi connectivity index (χ3v) is 8.22. The molecule has 8 heteroatoms. The highest BCUT2D eigenvalue weighted by Crippen LogP contribution is 2.35. The summed E-state index contributed by atoms with van der Waals surface area (Å²) in [5.74, 6) is 0.550. The minimum absolute atomic E-state index is 0.0533. The maximum Gasteiger partial charge on any atom is 0.264 e. The topological polar surface area (TPSA) is 65.5 Å². The molecule has 2 amide bonds. The molecule has 1 aliphatic carbocycles. The lowest BCUT2D eigenvalue weighted by molar-refractivity contribution is -0.138. The van der Waals surface area contributed by atoms with Crippen molar-refractivity contribution in [1.82, 2.24) is 14.8 Å². The van der Waals surface area contributed by atoms with Crippen LogP contribution in [0.2, 0.25) is 0 Å². The summed E-state index contributed by atoms with van der Waals surface area (Å²) >= 11 is 3.01. The van der Waals surface area contributed by atoms with Gasteiger partial charge in [-0.25, -0.2) is 4.98 Å². The molecule has 0 atom stereocenters. The molecule has 1 saturated carbocycles. The molecule has 0 bridgehead atoms. The Hall–Kier alpha value is -2.45. The van der Waals surface area contributed by atoms with Gasteiger partial charge in [0, 0.05) is 37.8 Å². The SMILES string of the molecule is O=C(c1cc2sc(Nc3ccccc3)nc2s1)N1CCN(C(=O)C2CCCCC2)CC1. The molecule has 3 heterocycles. The van der Waals surface area contributed by atoms with Crippen molar-refractivity contribution in [3.63, 3.8) is 0 Å². The van der Waals surface area contributed by atoms with E-state index in [-0.39, 0.29) is 11.8 Å². The van der Waals surface area contributed by atoms with Crippen LogP contribution in [0, 0.1) is 5.92 Å². The number of para-hydroxylation sites is 1. The van der Waals surface area contributed by atoms with Crippen LogP contribution in [0.15, 0.2) is 36.4 Å². The number of amides is 2. The van der Waals surface area contributed by atoms with Gasteiger partial charge < -0.3 is 15.1 Å². The van der Waals surface area contributed by atoms with Crippen molar-refractivity contribution in [1.29, 1.82) is 0 Å². The van der Waals surface area contributed by atoms with Crippen LogP contribution in [0.4, 0.5) is 10.8 Å². The molecular formula is C23H26N4O2S2. The Bertz CT molecular complexity index is 1030. The Morgan fingerprint density at radius 2 is 1.65 bits per heavy atom. The van der Waals surface area contributed by atoms with E-state index in [9.17, 15) is 9.59 Å². The molecule has 0 radical (unpaired) electrons. The van der Waals surface area contributed by atoms with Crippen LogP contribution in [-0.4, -0.2) is 52.8 Å². The standard InChI is InChI=1S/C23H26N4O2S2/c28-21(16-7-3-1-4-8-16)26-11-13-27(14-12-26)22(29)19-15-18-20(30-19)25-23(31-18)24-17-9-5-2-6-10-17/h2,5-6,9-10,15-16H,1,3-4,7-8,11-14H2,(H,24,25). The zero-order chi connectivity index (χ0) is 21.2. The molecule has 1 saturated heterocycles. The van der Waals surface area contributed by atoms with E-state index < -0.39 is 0 Å². The van der Waals surface area contributed by atoms with Gasteiger partial charge in [0.15, 0.2) is 5.13 Å². The molecule has 2 aliphatic rings. The molecular weight excluding hydrogens is 428 g/mol. The van der Waals surface area contributed by atoms with Crippen LogP contribution >= 0.6 is 22.7 Å². The van der Waals surface area contributed by atoms with Gasteiger partial charge in [0.05, 0.1) is 9.58 Å². The fraction of sp³-hybridized carbons (Fsp3) is 0.435. The summed E-state index contributed by atoms with van der Waals surface area (Å²) in [6, 6.07) is 11.9. The first-order valence-corrected chi connectivity index (χ1v) is 12.6. The average molecular weight is 455 g/mol. The Kier molecular flexibility index (Phi) is 5.91. The molecule has 1 N–H and O–H groups in total. The summed E-state index contributed by atoms with van der Waals surface area (Å²) in [5.41, 5.74) is 1.00. The highest BCUT2D eigenvalue weighted by Gasteiger charge is 2.30. The van der Waals surface area contributed by atoms with E-state index in [1.807, 2.05) is 46.2 Å². The second-order valence-electron chi connectivity index (χ2n) is 8.24. The van der Waals surface area contributed by atoms with E-state index in [0.717, 1.165) is 38.1 Å². The van der Waals surface area contributed by atoms with E-state index in [1.165, 1.54) is 30.6 Å². The lowest BCUT2D eigenvalue weighted by Gasteiger charge is -2.37. The van der Waals surface area contributed by atoms with Gasteiger partial charge in [-0.2, -0.15) is 0 Å². The number of rotatable bonds is 4. The maximum atomic E-state index is 13.0. The number of nitrogens with one attached hydrogen (secondary N) is 1. The molecule has 5 rings (SSSR count). The molecule has 0 unspecified atom stereocenters. The zero-order valence-electron chi connectivity index (χ0n) is 17.4. The quantitative estimate of drug-likeness (QED) is 0.605. The molecule has 0 spiro atoms. The average Bonchev–Trinajstić information content (AvgIpc) is 3.38. The normalized spacial score (nSPS) is 17.8. The van der Waals surface area contributed by atoms with Crippen LogP contribution in [-0.2, 0) is 4.79 Å². The lowest BCUT2D eigenvalue weighted by Crippen LogP contribution is -2.52. The first-order valence-electron chi connectivity index (χ1n) is 11.0. The van der Waals surface area contributed by atoms with Crippen molar-refractivity contribution in [2.75, 3.05) is 31.5 Å². The van der Waals surface area contributed by atoms with Crippen molar-refractivity contribution < 1.29 is 9.59 Å². The van der Waals surface area contributed by atoms with Crippen LogP contribution in [0.3, 0.4) is 0 Å². The van der Waals surface area contributed by atoms with Crippen LogP contribution in [0.1, 0.15) is 41.8 Å². The number of anilines is 2. The third-order valence-electron chi connectivity index (χ3n) is 6.16. The van der Waals surface area contributed by atoms with E-state index >= 15 is 0 Å². The zero-order valence-corrected chi connectivity index (χ0v) is 19.0. The number of thiophene rings is 1. The van der Waals surface area contributed by atoms with Gasteiger partial charge in [0.1, 0.15) is 4.83 Å². The van der Waals surface area contributed by atoms with Crippen molar-refractivity contribution in [2.45, 2.75) is 32.1 Å². The van der Waals surface area contributed by atoms with Crippen LogP contribution < -0.4 is 5.32 Å². The van der Waals surface area contributed by atoms with Gasteiger partial charge in [-0.15, -0.1) is 11.3 Å². The number of benzene rings is 1. The Morgan fingerprint density at radius 3 is 2.35 bits per heavy atom. The van der Waals surface area contributed by atoms with Gasteiger partial charge >= 0.3 is 0 Å². The van der Waals surface area contributed by atoms with E-state index in [2.05, 4.69) is 10.3 Å². The molecule has 6 nitrogen and oxygen atoms in total. The van der Waals surface area contributed by atoms with E-state index in [4.69, 9.17) is 0 Å². The number of hydrogen-bond acceptors (Lipinski definition) is 6. The number of fused-ring (bicyclic) bond motifs is 1. The predicted molar refractivity (Wildman–Crippen MR) is 126 cm³/mol. The fourth-order valence-electron chi connectivity index (χ4n) is 4.43. The van der Waals surface area contributed by atoms with Crippen molar-refractivity contribution in [3.8, 4) is 0 Å². The van der Waals surface area contributed by atoms with Gasteiger partial charge in [0.25, 0.3) is 5.91 Å². The number of aromatic nitrogens is 1. The summed E-state index contributed by atoms with van der Waals surface area (Å²) in [4.78, 5) is 35.9. The summed E-state index contributed by atoms with van der Waals surface area (Å²) < 4.78 is 1.03. The summed E-state index contributed by atoms with van der Waals surface area (Å²) in [6.07, 6.45) is 5.64. The van der Waals surface area contributed by atoms with Crippen LogP contribution in [0.25, 0.3) is 9.53 Å². The van der Waals surface area contributed by atoms with E-state index in [0.29, 0.717) is 32.1 Å². The van der Waals surface area contributed by atoms with E-state index in [1.54, 1.807) is 11.3 Å². The number of piperazine rings is 1. The number of carbonyl (C=O) groups is 2. The van der Waals surface area contributed by atoms with Crippen molar-refractivity contribution >= 4 is 54.8 Å². The van der Waals surface area contributed by atoms with Gasteiger partial charge in [-0.3, -0.25) is 9.59 Å². The monoisotopic (exact) mass is 454 g/mol. The third kappa shape index (κ3) is 4.45. The highest BCUT2D eigenvalue weighted by atomic mass is 32.1. The van der Waals surface area contributed by atoms with Crippen LogP contribution in [0.5, 0.6) is 0 Å². The predicted octanol–water partition coefficient (Wildman–Crippen LogP) is 4.97. The molecule has 31 heavy (non-hydrogen) atoms. The first kappa shape index (κ1) is 20.5. The van der Waals surface area contributed by atoms with Crippen molar-refractivity contribution in [2.24, 2.45) is 5.92 Å². The molecule has 1 aromatic carbocycles. The Morgan fingerprint density at radius 1 is 0.935 bits per heavy atom. The second kappa shape index (κ2) is 8.96. The Balaban J connectivity index is 1.19. The van der Waals surface area contributed by atoms with Gasteiger partial charge in [-0.1, -0.05) is 48.8 Å². The number of hydrogen-bond donors (Lipinski definition) is 1. The lowest BCUT2D eigenvalue weighted by atomic mass is 9.88.